The number of benzene rings is 1. The molecule has 0 aromatic heterocycles. The number of rotatable bonds is 3. The number of aliphatic carboxylic acids is 1. The molecule has 0 amide bonds. The van der Waals surface area contributed by atoms with Crippen molar-refractivity contribution in [2.45, 2.75) is 39.3 Å². The number of halogens is 1. The smallest absolute Gasteiger partial charge is 0.307 e. The van der Waals surface area contributed by atoms with Gasteiger partial charge in [0.1, 0.15) is 0 Å². The average Bonchev–Trinajstić information content (AvgIpc) is 2.34. The Labute approximate surface area is 119 Å². The van der Waals surface area contributed by atoms with Gasteiger partial charge in [-0.1, -0.05) is 17.7 Å². The fraction of sp³-hybridized carbons (Fsp3) is 0.533. The summed E-state index contributed by atoms with van der Waals surface area (Å²) in [6.07, 6.45) is 1.73. The van der Waals surface area contributed by atoms with Gasteiger partial charge < -0.3 is 5.11 Å². The third kappa shape index (κ3) is 3.48. The van der Waals surface area contributed by atoms with Gasteiger partial charge >= 0.3 is 5.97 Å². The minimum Gasteiger partial charge on any atom is -0.481 e. The number of hydrogen-bond acceptors (Lipinski definition) is 2. The second-order valence-electron chi connectivity index (χ2n) is 5.46. The third-order valence-electron chi connectivity index (χ3n) is 4.04. The summed E-state index contributed by atoms with van der Waals surface area (Å²) in [5.41, 5.74) is 2.39. The van der Waals surface area contributed by atoms with Crippen molar-refractivity contribution in [3.63, 3.8) is 0 Å². The van der Waals surface area contributed by atoms with E-state index < -0.39 is 5.97 Å². The first-order chi connectivity index (χ1) is 8.97. The summed E-state index contributed by atoms with van der Waals surface area (Å²) in [6.45, 7) is 5.65. The van der Waals surface area contributed by atoms with Gasteiger partial charge in [0.2, 0.25) is 0 Å². The lowest BCUT2D eigenvalue weighted by atomic mass is 9.93. The number of aryl methyl sites for hydroxylation is 1. The summed E-state index contributed by atoms with van der Waals surface area (Å²) < 4.78 is 0. The highest BCUT2D eigenvalue weighted by Gasteiger charge is 2.29. The molecule has 1 aliphatic rings. The Bertz CT molecular complexity index is 475. The van der Waals surface area contributed by atoms with Crippen LogP contribution in [0.25, 0.3) is 0 Å². The van der Waals surface area contributed by atoms with Crippen molar-refractivity contribution in [3.05, 3.63) is 34.3 Å². The highest BCUT2D eigenvalue weighted by atomic mass is 35.5. The predicted octanol–water partition coefficient (Wildman–Crippen LogP) is 3.33. The molecular weight excluding hydrogens is 262 g/mol. The highest BCUT2D eigenvalue weighted by molar-refractivity contribution is 6.30. The standard InChI is InChI=1S/C15H20ClNO2/c1-10-7-14(16)6-5-12(10)8-17-9-13(15(18)19)4-3-11(17)2/h5-7,11,13H,3-4,8-9H2,1-2H3,(H,18,19). The highest BCUT2D eigenvalue weighted by Crippen LogP contribution is 2.25. The lowest BCUT2D eigenvalue weighted by Crippen LogP contribution is -2.43. The molecule has 0 spiro atoms. The Balaban J connectivity index is 2.09. The van der Waals surface area contributed by atoms with Crippen LogP contribution in [0.3, 0.4) is 0 Å². The normalized spacial score (nSPS) is 24.4. The summed E-state index contributed by atoms with van der Waals surface area (Å²) in [7, 11) is 0. The molecule has 19 heavy (non-hydrogen) atoms. The van der Waals surface area contributed by atoms with E-state index in [1.54, 1.807) is 0 Å². The Morgan fingerprint density at radius 1 is 1.47 bits per heavy atom. The lowest BCUT2D eigenvalue weighted by molar-refractivity contribution is -0.144. The summed E-state index contributed by atoms with van der Waals surface area (Å²) >= 11 is 5.96. The zero-order valence-electron chi connectivity index (χ0n) is 11.4. The van der Waals surface area contributed by atoms with Gasteiger partial charge in [-0.2, -0.15) is 0 Å². The van der Waals surface area contributed by atoms with Crippen LogP contribution in [0.2, 0.25) is 5.02 Å². The van der Waals surface area contributed by atoms with E-state index in [2.05, 4.69) is 11.8 Å². The minimum atomic E-state index is -0.676. The summed E-state index contributed by atoms with van der Waals surface area (Å²) in [6, 6.07) is 6.33. The lowest BCUT2D eigenvalue weighted by Gasteiger charge is -2.36. The Kier molecular flexibility index (Phi) is 4.48. The average molecular weight is 282 g/mol. The molecule has 1 aromatic carbocycles. The Morgan fingerprint density at radius 3 is 2.84 bits per heavy atom. The van der Waals surface area contributed by atoms with Crippen LogP contribution in [0.15, 0.2) is 18.2 Å². The largest absolute Gasteiger partial charge is 0.481 e. The van der Waals surface area contributed by atoms with E-state index in [4.69, 9.17) is 16.7 Å². The van der Waals surface area contributed by atoms with Gasteiger partial charge in [0.15, 0.2) is 0 Å². The van der Waals surface area contributed by atoms with Crippen molar-refractivity contribution in [2.75, 3.05) is 6.54 Å². The van der Waals surface area contributed by atoms with Gasteiger partial charge in [-0.25, -0.2) is 0 Å². The molecule has 0 bridgehead atoms. The molecule has 1 aromatic rings. The zero-order chi connectivity index (χ0) is 14.0. The number of carbonyl (C=O) groups is 1. The maximum atomic E-state index is 11.1. The van der Waals surface area contributed by atoms with Crippen molar-refractivity contribution in [1.82, 2.24) is 4.90 Å². The van der Waals surface area contributed by atoms with E-state index in [1.807, 2.05) is 25.1 Å². The van der Waals surface area contributed by atoms with Crippen molar-refractivity contribution in [3.8, 4) is 0 Å². The van der Waals surface area contributed by atoms with E-state index in [1.165, 1.54) is 5.56 Å². The topological polar surface area (TPSA) is 40.5 Å². The summed E-state index contributed by atoms with van der Waals surface area (Å²) in [5, 5.41) is 9.90. The molecule has 0 saturated carbocycles. The van der Waals surface area contributed by atoms with E-state index in [-0.39, 0.29) is 5.92 Å². The molecule has 2 atom stereocenters. The van der Waals surface area contributed by atoms with Crippen LogP contribution in [0.1, 0.15) is 30.9 Å². The molecule has 1 fully saturated rings. The second-order valence-corrected chi connectivity index (χ2v) is 5.90. The fourth-order valence-electron chi connectivity index (χ4n) is 2.66. The molecule has 1 heterocycles. The predicted molar refractivity (Wildman–Crippen MR) is 76.4 cm³/mol. The number of likely N-dealkylation sites (tertiary alicyclic amines) is 1. The van der Waals surface area contributed by atoms with E-state index >= 15 is 0 Å². The van der Waals surface area contributed by atoms with Crippen LogP contribution in [-0.4, -0.2) is 28.6 Å². The van der Waals surface area contributed by atoms with Gasteiger partial charge in [-0.05, 0) is 49.9 Å². The van der Waals surface area contributed by atoms with Crippen LogP contribution < -0.4 is 0 Å². The molecule has 3 nitrogen and oxygen atoms in total. The number of carboxylic acids is 1. The number of piperidine rings is 1. The molecule has 4 heteroatoms. The Hall–Kier alpha value is -1.06. The van der Waals surface area contributed by atoms with Crippen molar-refractivity contribution < 1.29 is 9.90 Å². The van der Waals surface area contributed by atoms with E-state index in [9.17, 15) is 4.79 Å². The van der Waals surface area contributed by atoms with Gasteiger partial charge in [-0.15, -0.1) is 0 Å². The molecule has 104 valence electrons. The first-order valence-electron chi connectivity index (χ1n) is 6.69. The maximum absolute atomic E-state index is 11.1. The van der Waals surface area contributed by atoms with Crippen molar-refractivity contribution in [1.29, 1.82) is 0 Å². The Morgan fingerprint density at radius 2 is 2.21 bits per heavy atom. The molecule has 2 unspecified atom stereocenters. The minimum absolute atomic E-state index is 0.233. The molecule has 0 aliphatic carbocycles. The molecule has 1 saturated heterocycles. The van der Waals surface area contributed by atoms with Crippen LogP contribution in [0, 0.1) is 12.8 Å². The number of hydrogen-bond donors (Lipinski definition) is 1. The zero-order valence-corrected chi connectivity index (χ0v) is 12.2. The van der Waals surface area contributed by atoms with Crippen molar-refractivity contribution in [2.24, 2.45) is 5.92 Å². The number of nitrogens with zero attached hydrogens (tertiary/aromatic N) is 1. The van der Waals surface area contributed by atoms with Crippen LogP contribution >= 0.6 is 11.6 Å². The fourth-order valence-corrected chi connectivity index (χ4v) is 2.88. The first-order valence-corrected chi connectivity index (χ1v) is 7.07. The molecule has 2 rings (SSSR count). The maximum Gasteiger partial charge on any atom is 0.307 e. The van der Waals surface area contributed by atoms with Crippen LogP contribution in [0.5, 0.6) is 0 Å². The monoisotopic (exact) mass is 281 g/mol. The van der Waals surface area contributed by atoms with E-state index in [0.717, 1.165) is 30.0 Å². The van der Waals surface area contributed by atoms with Gasteiger partial charge in [-0.3, -0.25) is 9.69 Å². The number of carboxylic acid groups (broad SMARTS) is 1. The SMILES string of the molecule is Cc1cc(Cl)ccc1CN1CC(C(=O)O)CCC1C. The third-order valence-corrected chi connectivity index (χ3v) is 4.27. The first kappa shape index (κ1) is 14.4. The van der Waals surface area contributed by atoms with Gasteiger partial charge in [0.05, 0.1) is 5.92 Å². The summed E-state index contributed by atoms with van der Waals surface area (Å²) in [5.74, 6) is -0.909. The van der Waals surface area contributed by atoms with Gasteiger partial charge in [0.25, 0.3) is 0 Å². The van der Waals surface area contributed by atoms with Crippen LogP contribution in [0.4, 0.5) is 0 Å². The van der Waals surface area contributed by atoms with Gasteiger partial charge in [0, 0.05) is 24.2 Å². The molecule has 1 aliphatic heterocycles. The molecule has 0 radical (unpaired) electrons. The quantitative estimate of drug-likeness (QED) is 0.924. The van der Waals surface area contributed by atoms with Crippen molar-refractivity contribution >= 4 is 17.6 Å². The molecular formula is C15H20ClNO2. The molecule has 1 N–H and O–H groups in total. The summed E-state index contributed by atoms with van der Waals surface area (Å²) in [4.78, 5) is 13.4. The second kappa shape index (κ2) is 5.93. The van der Waals surface area contributed by atoms with E-state index in [0.29, 0.717) is 12.6 Å². The van der Waals surface area contributed by atoms with Crippen LogP contribution in [-0.2, 0) is 11.3 Å².